The van der Waals surface area contributed by atoms with Crippen LogP contribution in [0, 0.1) is 0 Å². The zero-order valence-electron chi connectivity index (χ0n) is 8.93. The second-order valence-corrected chi connectivity index (χ2v) is 7.37. The summed E-state index contributed by atoms with van der Waals surface area (Å²) in [5.74, 6) is -2.28. The van der Waals surface area contributed by atoms with E-state index in [0.29, 0.717) is 8.51 Å². The van der Waals surface area contributed by atoms with Gasteiger partial charge in [-0.15, -0.1) is 13.0 Å². The van der Waals surface area contributed by atoms with Crippen LogP contribution in [0.1, 0.15) is 0 Å². The molecular weight excluding hydrogens is 319 g/mol. The molecule has 1 aromatic heterocycles. The third kappa shape index (κ3) is 2.64. The Morgan fingerprint density at radius 2 is 1.84 bits per heavy atom. The van der Waals surface area contributed by atoms with Crippen LogP contribution in [0.5, 0.6) is 23.0 Å². The number of hydrogen-bond donors (Lipinski definition) is 6. The molecule has 0 spiro atoms. The molecule has 1 aromatic carbocycles. The van der Waals surface area contributed by atoms with Crippen LogP contribution in [0.3, 0.4) is 0 Å². The predicted octanol–water partition coefficient (Wildman–Crippen LogP) is 1.55. The van der Waals surface area contributed by atoms with Gasteiger partial charge in [0, 0.05) is 0 Å². The molecule has 6 N–H and O–H groups in total. The summed E-state index contributed by atoms with van der Waals surface area (Å²) in [6, 6.07) is 2.22. The maximum atomic E-state index is 9.53. The number of phenolic OH excluding ortho intramolecular Hbond substituents is 3. The standard InChI is InChI=1S/C6H8N3O7P3/c10-3-1-2-4(6(12)5(3)11)16-18-7-17-8(13)19(15)9(18)14/h1-2,10-15H. The first-order chi connectivity index (χ1) is 8.91. The lowest BCUT2D eigenvalue weighted by Gasteiger charge is -2.12. The van der Waals surface area contributed by atoms with E-state index in [0.717, 1.165) is 12.1 Å². The summed E-state index contributed by atoms with van der Waals surface area (Å²) in [7, 11) is -4.51. The third-order valence-corrected chi connectivity index (χ3v) is 6.00. The molecule has 0 amide bonds. The highest BCUT2D eigenvalue weighted by Crippen LogP contribution is 2.45. The fourth-order valence-corrected chi connectivity index (χ4v) is 4.81. The van der Waals surface area contributed by atoms with Gasteiger partial charge in [-0.2, -0.15) is 0 Å². The fourth-order valence-electron chi connectivity index (χ4n) is 1.05. The van der Waals surface area contributed by atoms with Crippen molar-refractivity contribution in [1.29, 1.82) is 0 Å². The molecule has 0 aliphatic heterocycles. The largest absolute Gasteiger partial charge is 0.504 e. The van der Waals surface area contributed by atoms with E-state index in [-0.39, 0.29) is 14.3 Å². The van der Waals surface area contributed by atoms with Crippen LogP contribution in [0.15, 0.2) is 12.1 Å². The Hall–Kier alpha value is -1.40. The third-order valence-electron chi connectivity index (χ3n) is 1.94. The van der Waals surface area contributed by atoms with Crippen LogP contribution in [0.4, 0.5) is 0 Å². The Labute approximate surface area is 109 Å². The zero-order chi connectivity index (χ0) is 14.2. The summed E-state index contributed by atoms with van der Waals surface area (Å²) < 4.78 is 9.52. The van der Waals surface area contributed by atoms with E-state index in [9.17, 15) is 20.3 Å². The number of rotatable bonds is 2. The van der Waals surface area contributed by atoms with Gasteiger partial charge in [0.1, 0.15) is 0 Å². The Morgan fingerprint density at radius 1 is 1.16 bits per heavy atom. The van der Waals surface area contributed by atoms with E-state index in [1.807, 2.05) is 0 Å². The summed E-state index contributed by atoms with van der Waals surface area (Å²) >= 11 is 0. The fraction of sp³-hybridized carbons (Fsp3) is 0. The van der Waals surface area contributed by atoms with Crippen molar-refractivity contribution in [2.45, 2.75) is 0 Å². The summed E-state index contributed by atoms with van der Waals surface area (Å²) in [4.78, 5) is 9.40. The van der Waals surface area contributed by atoms with Crippen molar-refractivity contribution in [1.82, 2.24) is 13.0 Å². The van der Waals surface area contributed by atoms with Gasteiger partial charge in [0.2, 0.25) is 19.6 Å². The number of phenols is 3. The minimum Gasteiger partial charge on any atom is -0.504 e. The van der Waals surface area contributed by atoms with E-state index in [2.05, 4.69) is 4.51 Å². The molecular formula is C6H8N3O7P3. The molecule has 0 radical (unpaired) electrons. The van der Waals surface area contributed by atoms with Crippen molar-refractivity contribution in [2.75, 3.05) is 0 Å². The molecule has 2 rings (SSSR count). The monoisotopic (exact) mass is 327 g/mol. The number of aromatic nitrogens is 3. The van der Waals surface area contributed by atoms with Crippen molar-refractivity contribution in [3.8, 4) is 23.0 Å². The molecule has 0 aliphatic carbocycles. The van der Waals surface area contributed by atoms with Gasteiger partial charge in [0.05, 0.1) is 0 Å². The average molecular weight is 327 g/mol. The number of benzene rings is 1. The second kappa shape index (κ2) is 5.30. The molecule has 0 bridgehead atoms. The van der Waals surface area contributed by atoms with Gasteiger partial charge in [-0.3, -0.25) is 10.4 Å². The highest BCUT2D eigenvalue weighted by molar-refractivity contribution is 7.55. The number of aromatic hydroxyl groups is 3. The summed E-state index contributed by atoms with van der Waals surface area (Å²) in [5.41, 5.74) is 0. The molecule has 0 fully saturated rings. The smallest absolute Gasteiger partial charge is 0.294 e. The van der Waals surface area contributed by atoms with Crippen LogP contribution < -0.4 is 4.52 Å². The Kier molecular flexibility index (Phi) is 3.91. The van der Waals surface area contributed by atoms with Gasteiger partial charge in [-0.05, 0) is 12.1 Å². The maximum Gasteiger partial charge on any atom is 0.294 e. The first-order valence-corrected chi connectivity index (χ1v) is 7.68. The topological polar surface area (TPSA) is 153 Å². The Bertz CT molecular complexity index is 599. The molecule has 13 heteroatoms. The van der Waals surface area contributed by atoms with E-state index >= 15 is 0 Å². The van der Waals surface area contributed by atoms with Crippen molar-refractivity contribution >= 4 is 24.7 Å². The van der Waals surface area contributed by atoms with Gasteiger partial charge in [0.15, 0.2) is 20.0 Å². The highest BCUT2D eigenvalue weighted by Gasteiger charge is 2.16. The quantitative estimate of drug-likeness (QED) is 0.359. The van der Waals surface area contributed by atoms with Gasteiger partial charge >= 0.3 is 0 Å². The zero-order valence-corrected chi connectivity index (χ0v) is 11.6. The summed E-state index contributed by atoms with van der Waals surface area (Å²) in [6.07, 6.45) is 0. The van der Waals surface area contributed by atoms with E-state index in [1.54, 1.807) is 0 Å². The minimum absolute atomic E-state index is 0.0307. The highest BCUT2D eigenvalue weighted by atomic mass is 31.2. The maximum absolute atomic E-state index is 9.53. The Balaban J connectivity index is 2.43. The first kappa shape index (κ1) is 14.0. The van der Waals surface area contributed by atoms with Gasteiger partial charge < -0.3 is 24.7 Å². The molecule has 0 saturated heterocycles. The van der Waals surface area contributed by atoms with Crippen molar-refractivity contribution in [3.05, 3.63) is 12.1 Å². The average Bonchev–Trinajstić information content (AvgIpc) is 2.39. The lowest BCUT2D eigenvalue weighted by molar-refractivity contribution is 0.203. The molecule has 2 atom stereocenters. The van der Waals surface area contributed by atoms with Crippen molar-refractivity contribution in [2.24, 2.45) is 0 Å². The van der Waals surface area contributed by atoms with Gasteiger partial charge in [0.25, 0.3) is 8.08 Å². The van der Waals surface area contributed by atoms with Crippen LogP contribution >= 0.6 is 24.7 Å². The van der Waals surface area contributed by atoms with Crippen LogP contribution in [0.25, 0.3) is 0 Å². The number of nitrogens with zero attached hydrogens (tertiary/aromatic N) is 3. The first-order valence-electron chi connectivity index (χ1n) is 4.52. The minimum atomic E-state index is -2.39. The summed E-state index contributed by atoms with van der Waals surface area (Å²) in [6.45, 7) is 0. The normalized spacial score (nSPS) is 12.8. The van der Waals surface area contributed by atoms with Gasteiger partial charge in [-0.1, -0.05) is 0 Å². The van der Waals surface area contributed by atoms with Crippen LogP contribution in [-0.2, 0) is 0 Å². The van der Waals surface area contributed by atoms with Crippen LogP contribution in [0.2, 0.25) is 0 Å². The lowest BCUT2D eigenvalue weighted by atomic mass is 10.3. The van der Waals surface area contributed by atoms with E-state index in [1.165, 1.54) is 0 Å². The number of hydrogen-bond acceptors (Lipinski definition) is 8. The van der Waals surface area contributed by atoms with Crippen molar-refractivity contribution < 1.29 is 35.2 Å². The second-order valence-electron chi connectivity index (χ2n) is 3.11. The predicted molar refractivity (Wildman–Crippen MR) is 65.2 cm³/mol. The molecule has 2 unspecified atom stereocenters. The van der Waals surface area contributed by atoms with E-state index in [4.69, 9.17) is 14.8 Å². The van der Waals surface area contributed by atoms with Gasteiger partial charge in [-0.25, -0.2) is 0 Å². The molecule has 19 heavy (non-hydrogen) atoms. The lowest BCUT2D eigenvalue weighted by Crippen LogP contribution is -1.99. The molecule has 0 saturated carbocycles. The van der Waals surface area contributed by atoms with Crippen LogP contribution in [-0.4, -0.2) is 43.6 Å². The van der Waals surface area contributed by atoms with E-state index < -0.39 is 33.4 Å². The molecule has 2 aromatic rings. The molecule has 0 aliphatic rings. The SMILES string of the molecule is Oc1ccc(Op2npn(O)p(O)n2O)c(O)c1O. The Morgan fingerprint density at radius 3 is 2.53 bits per heavy atom. The molecule has 104 valence electrons. The molecule has 10 nitrogen and oxygen atoms in total. The molecule has 1 heterocycles. The van der Waals surface area contributed by atoms with Crippen molar-refractivity contribution in [3.63, 3.8) is 0 Å². The summed E-state index contributed by atoms with van der Waals surface area (Å²) in [5, 5.41) is 46.6.